The summed E-state index contributed by atoms with van der Waals surface area (Å²) in [6, 6.07) is 0. The number of rotatable bonds is 1. The average molecular weight is 279 g/mol. The number of fused-ring (bicyclic) bond motifs is 1. The van der Waals surface area contributed by atoms with Crippen molar-refractivity contribution in [3.63, 3.8) is 0 Å². The van der Waals surface area contributed by atoms with Gasteiger partial charge in [-0.3, -0.25) is 4.79 Å². The molecular formula is C15H25N3O2. The van der Waals surface area contributed by atoms with E-state index in [4.69, 9.17) is 4.74 Å². The molecule has 5 heteroatoms. The molecule has 0 unspecified atom stereocenters. The molecule has 0 radical (unpaired) electrons. The van der Waals surface area contributed by atoms with Gasteiger partial charge in [0.05, 0.1) is 12.0 Å². The fourth-order valence-electron chi connectivity index (χ4n) is 4.48. The summed E-state index contributed by atoms with van der Waals surface area (Å²) in [5, 5.41) is 6.81. The molecule has 4 heterocycles. The monoisotopic (exact) mass is 279 g/mol. The van der Waals surface area contributed by atoms with Gasteiger partial charge in [-0.1, -0.05) is 0 Å². The van der Waals surface area contributed by atoms with Crippen molar-refractivity contribution in [1.82, 2.24) is 15.5 Å². The van der Waals surface area contributed by atoms with E-state index in [0.717, 1.165) is 52.3 Å². The van der Waals surface area contributed by atoms with E-state index < -0.39 is 0 Å². The number of amides is 1. The number of piperidine rings is 1. The summed E-state index contributed by atoms with van der Waals surface area (Å²) in [6.07, 6.45) is 3.36. The number of carbonyl (C=O) groups excluding carboxylic acids is 1. The number of carbonyl (C=O) groups is 1. The van der Waals surface area contributed by atoms with E-state index in [2.05, 4.69) is 15.5 Å². The molecule has 2 atom stereocenters. The Morgan fingerprint density at radius 2 is 1.95 bits per heavy atom. The minimum absolute atomic E-state index is 0.263. The lowest BCUT2D eigenvalue weighted by molar-refractivity contribution is -0.155. The molecule has 112 valence electrons. The molecule has 0 aliphatic carbocycles. The summed E-state index contributed by atoms with van der Waals surface area (Å²) >= 11 is 0. The van der Waals surface area contributed by atoms with Gasteiger partial charge in [-0.15, -0.1) is 0 Å². The summed E-state index contributed by atoms with van der Waals surface area (Å²) < 4.78 is 5.67. The Balaban J connectivity index is 1.46. The molecule has 4 aliphatic heterocycles. The lowest BCUT2D eigenvalue weighted by Gasteiger charge is -2.50. The third-order valence-electron chi connectivity index (χ3n) is 6.12. The van der Waals surface area contributed by atoms with Crippen LogP contribution in [0.2, 0.25) is 0 Å². The molecule has 4 rings (SSSR count). The smallest absolute Gasteiger partial charge is 0.232 e. The van der Waals surface area contributed by atoms with Gasteiger partial charge < -0.3 is 20.3 Å². The molecule has 2 N–H and O–H groups in total. The second-order valence-corrected chi connectivity index (χ2v) is 7.22. The average Bonchev–Trinajstić information content (AvgIpc) is 2.90. The summed E-state index contributed by atoms with van der Waals surface area (Å²) in [7, 11) is 0. The summed E-state index contributed by atoms with van der Waals surface area (Å²) in [6.45, 7) is 7.39. The van der Waals surface area contributed by atoms with E-state index in [9.17, 15) is 4.79 Å². The van der Waals surface area contributed by atoms with Gasteiger partial charge in [0.1, 0.15) is 0 Å². The minimum Gasteiger partial charge on any atom is -0.380 e. The first kappa shape index (κ1) is 13.0. The van der Waals surface area contributed by atoms with Crippen LogP contribution in [0.3, 0.4) is 0 Å². The van der Waals surface area contributed by atoms with Crippen LogP contribution < -0.4 is 10.6 Å². The van der Waals surface area contributed by atoms with Crippen LogP contribution in [-0.4, -0.2) is 63.3 Å². The van der Waals surface area contributed by atoms with Crippen molar-refractivity contribution in [2.75, 3.05) is 52.5 Å². The summed E-state index contributed by atoms with van der Waals surface area (Å²) in [4.78, 5) is 15.2. The predicted octanol–water partition coefficient (Wildman–Crippen LogP) is -0.175. The van der Waals surface area contributed by atoms with Crippen molar-refractivity contribution >= 4 is 5.91 Å². The molecule has 1 amide bonds. The lowest BCUT2D eigenvalue weighted by Crippen LogP contribution is -2.61. The zero-order valence-electron chi connectivity index (χ0n) is 12.1. The zero-order chi connectivity index (χ0) is 13.6. The largest absolute Gasteiger partial charge is 0.380 e. The van der Waals surface area contributed by atoms with Gasteiger partial charge in [0, 0.05) is 39.3 Å². The van der Waals surface area contributed by atoms with Gasteiger partial charge in [-0.05, 0) is 37.1 Å². The highest BCUT2D eigenvalue weighted by Crippen LogP contribution is 2.41. The van der Waals surface area contributed by atoms with Crippen LogP contribution in [0.25, 0.3) is 0 Å². The summed E-state index contributed by atoms with van der Waals surface area (Å²) in [5.41, 5.74) is 0.242. The van der Waals surface area contributed by atoms with Crippen LogP contribution in [-0.2, 0) is 9.53 Å². The Hall–Kier alpha value is -0.650. The normalized spacial score (nSPS) is 39.4. The summed E-state index contributed by atoms with van der Waals surface area (Å²) in [5.74, 6) is 0.833. The van der Waals surface area contributed by atoms with E-state index in [-0.39, 0.29) is 5.41 Å². The molecular weight excluding hydrogens is 254 g/mol. The maximum Gasteiger partial charge on any atom is 0.232 e. The molecule has 0 saturated carbocycles. The SMILES string of the molecule is O=C(N1CCC2(CC1)CNC2)[C@]12CNC[C@H]1CCOC2. The fraction of sp³-hybridized carbons (Fsp3) is 0.933. The molecule has 4 fully saturated rings. The molecule has 1 spiro atoms. The highest BCUT2D eigenvalue weighted by atomic mass is 16.5. The predicted molar refractivity (Wildman–Crippen MR) is 75.3 cm³/mol. The topological polar surface area (TPSA) is 53.6 Å². The Morgan fingerprint density at radius 3 is 2.65 bits per heavy atom. The van der Waals surface area contributed by atoms with E-state index >= 15 is 0 Å². The third kappa shape index (κ3) is 1.83. The molecule has 20 heavy (non-hydrogen) atoms. The van der Waals surface area contributed by atoms with Crippen molar-refractivity contribution in [3.05, 3.63) is 0 Å². The molecule has 4 aliphatic rings. The van der Waals surface area contributed by atoms with Crippen LogP contribution >= 0.6 is 0 Å². The Kier molecular flexibility index (Phi) is 3.05. The quantitative estimate of drug-likeness (QED) is 0.699. The number of nitrogens with zero attached hydrogens (tertiary/aromatic N) is 1. The third-order valence-corrected chi connectivity index (χ3v) is 6.12. The van der Waals surface area contributed by atoms with Gasteiger partial charge in [-0.25, -0.2) is 0 Å². The highest BCUT2D eigenvalue weighted by Gasteiger charge is 2.53. The van der Waals surface area contributed by atoms with Crippen LogP contribution in [0.1, 0.15) is 19.3 Å². The molecule has 0 aromatic carbocycles. The molecule has 0 aromatic rings. The molecule has 0 aromatic heterocycles. The zero-order valence-corrected chi connectivity index (χ0v) is 12.1. The van der Waals surface area contributed by atoms with Crippen molar-refractivity contribution in [2.45, 2.75) is 19.3 Å². The maximum atomic E-state index is 13.1. The first-order valence-corrected chi connectivity index (χ1v) is 8.03. The molecule has 4 saturated heterocycles. The number of nitrogens with one attached hydrogen (secondary N) is 2. The van der Waals surface area contributed by atoms with Crippen LogP contribution in [0, 0.1) is 16.7 Å². The van der Waals surface area contributed by atoms with E-state index in [0.29, 0.717) is 23.8 Å². The van der Waals surface area contributed by atoms with Crippen molar-refractivity contribution < 1.29 is 9.53 Å². The Morgan fingerprint density at radius 1 is 1.15 bits per heavy atom. The van der Waals surface area contributed by atoms with Crippen molar-refractivity contribution in [2.24, 2.45) is 16.7 Å². The lowest BCUT2D eigenvalue weighted by atomic mass is 9.71. The molecule has 5 nitrogen and oxygen atoms in total. The second kappa shape index (κ2) is 4.68. The standard InChI is InChI=1S/C15H25N3O2/c19-13(15-10-16-7-12(15)1-6-20-11-15)18-4-2-14(3-5-18)8-17-9-14/h12,16-17H,1-11H2/t12-,15+/m1/s1. The van der Waals surface area contributed by atoms with Gasteiger partial charge in [0.15, 0.2) is 0 Å². The van der Waals surface area contributed by atoms with Crippen LogP contribution in [0.15, 0.2) is 0 Å². The Bertz CT molecular complexity index is 400. The number of ether oxygens (including phenoxy) is 1. The molecule has 0 bridgehead atoms. The minimum atomic E-state index is -0.263. The van der Waals surface area contributed by atoms with E-state index in [1.807, 2.05) is 0 Å². The van der Waals surface area contributed by atoms with E-state index in [1.54, 1.807) is 0 Å². The number of hydrogen-bond acceptors (Lipinski definition) is 4. The van der Waals surface area contributed by atoms with Gasteiger partial charge >= 0.3 is 0 Å². The van der Waals surface area contributed by atoms with Gasteiger partial charge in [0.2, 0.25) is 5.91 Å². The van der Waals surface area contributed by atoms with Crippen LogP contribution in [0.4, 0.5) is 0 Å². The first-order chi connectivity index (χ1) is 9.74. The fourth-order valence-corrected chi connectivity index (χ4v) is 4.48. The highest BCUT2D eigenvalue weighted by molar-refractivity contribution is 5.84. The van der Waals surface area contributed by atoms with Gasteiger partial charge in [0.25, 0.3) is 0 Å². The van der Waals surface area contributed by atoms with Crippen LogP contribution in [0.5, 0.6) is 0 Å². The first-order valence-electron chi connectivity index (χ1n) is 8.03. The second-order valence-electron chi connectivity index (χ2n) is 7.22. The maximum absolute atomic E-state index is 13.1. The van der Waals surface area contributed by atoms with Gasteiger partial charge in [-0.2, -0.15) is 0 Å². The Labute approximate surface area is 120 Å². The number of likely N-dealkylation sites (tertiary alicyclic amines) is 1. The number of hydrogen-bond donors (Lipinski definition) is 2. The van der Waals surface area contributed by atoms with E-state index in [1.165, 1.54) is 12.8 Å². The van der Waals surface area contributed by atoms with Crippen molar-refractivity contribution in [3.8, 4) is 0 Å². The van der Waals surface area contributed by atoms with Crippen molar-refractivity contribution in [1.29, 1.82) is 0 Å².